The Labute approximate surface area is 90.0 Å². The third-order valence-corrected chi connectivity index (χ3v) is 3.70. The Morgan fingerprint density at radius 1 is 1.53 bits per heavy atom. The molecule has 4 nitrogen and oxygen atoms in total. The summed E-state index contributed by atoms with van der Waals surface area (Å²) in [7, 11) is 1.93. The number of ketones is 1. The van der Waals surface area contributed by atoms with Crippen LogP contribution in [0.5, 0.6) is 0 Å². The van der Waals surface area contributed by atoms with Gasteiger partial charge in [-0.1, -0.05) is 0 Å². The van der Waals surface area contributed by atoms with Gasteiger partial charge in [0, 0.05) is 18.6 Å². The van der Waals surface area contributed by atoms with Crippen molar-refractivity contribution in [1.82, 2.24) is 10.2 Å². The van der Waals surface area contributed by atoms with Gasteiger partial charge in [0.05, 0.1) is 5.92 Å². The van der Waals surface area contributed by atoms with Crippen molar-refractivity contribution >= 4 is 11.7 Å². The first-order chi connectivity index (χ1) is 7.15. The first kappa shape index (κ1) is 10.6. The molecule has 3 unspecified atom stereocenters. The average molecular weight is 210 g/mol. The van der Waals surface area contributed by atoms with Crippen molar-refractivity contribution in [2.45, 2.75) is 38.3 Å². The fraction of sp³-hybridized carbons (Fsp3) is 0.818. The smallest absolute Gasteiger partial charge is 0.233 e. The molecule has 0 aliphatic carbocycles. The number of likely N-dealkylation sites (N-methyl/N-ethyl adjacent to an activating group) is 1. The largest absolute Gasteiger partial charge is 0.337 e. The van der Waals surface area contributed by atoms with E-state index in [0.717, 1.165) is 19.4 Å². The Morgan fingerprint density at radius 2 is 2.27 bits per heavy atom. The molecule has 0 bridgehead atoms. The third-order valence-electron chi connectivity index (χ3n) is 3.70. The molecule has 0 aromatic carbocycles. The van der Waals surface area contributed by atoms with Crippen LogP contribution in [0.2, 0.25) is 0 Å². The van der Waals surface area contributed by atoms with Gasteiger partial charge in [0.25, 0.3) is 0 Å². The molecule has 2 fully saturated rings. The molecule has 2 heterocycles. The number of hydrogen-bond acceptors (Lipinski definition) is 3. The molecule has 0 saturated carbocycles. The van der Waals surface area contributed by atoms with E-state index in [1.165, 1.54) is 6.92 Å². The van der Waals surface area contributed by atoms with Crippen LogP contribution in [0.1, 0.15) is 26.2 Å². The van der Waals surface area contributed by atoms with Crippen LogP contribution < -0.4 is 5.32 Å². The maximum atomic E-state index is 11.9. The summed E-state index contributed by atoms with van der Waals surface area (Å²) in [6.07, 6.45) is 2.85. The number of piperidine rings is 1. The van der Waals surface area contributed by atoms with Crippen molar-refractivity contribution in [3.63, 3.8) is 0 Å². The average Bonchev–Trinajstić information content (AvgIpc) is 2.56. The molecular formula is C11H18N2O2. The van der Waals surface area contributed by atoms with E-state index in [0.29, 0.717) is 12.5 Å². The Hall–Kier alpha value is -0.900. The Morgan fingerprint density at radius 3 is 2.87 bits per heavy atom. The highest BCUT2D eigenvalue weighted by Gasteiger charge is 2.45. The zero-order valence-electron chi connectivity index (χ0n) is 9.32. The van der Waals surface area contributed by atoms with E-state index in [9.17, 15) is 9.59 Å². The van der Waals surface area contributed by atoms with Crippen LogP contribution in [-0.4, -0.2) is 42.3 Å². The lowest BCUT2D eigenvalue weighted by Gasteiger charge is -2.36. The number of Topliss-reactive ketones (excluding diaryl/α,β-unsaturated/α-hetero) is 1. The molecule has 2 rings (SSSR count). The lowest BCUT2D eigenvalue weighted by atomic mass is 9.93. The van der Waals surface area contributed by atoms with E-state index in [-0.39, 0.29) is 23.7 Å². The predicted molar refractivity (Wildman–Crippen MR) is 56.4 cm³/mol. The Bertz CT molecular complexity index is 290. The lowest BCUT2D eigenvalue weighted by molar-refractivity contribution is -0.137. The van der Waals surface area contributed by atoms with E-state index in [2.05, 4.69) is 5.32 Å². The number of amides is 1. The van der Waals surface area contributed by atoms with Gasteiger partial charge < -0.3 is 10.2 Å². The van der Waals surface area contributed by atoms with E-state index >= 15 is 0 Å². The highest BCUT2D eigenvalue weighted by Crippen LogP contribution is 2.32. The van der Waals surface area contributed by atoms with Crippen LogP contribution in [0.3, 0.4) is 0 Å². The minimum atomic E-state index is -0.371. The highest BCUT2D eigenvalue weighted by atomic mass is 16.2. The minimum absolute atomic E-state index is 0.0178. The molecule has 1 amide bonds. The summed E-state index contributed by atoms with van der Waals surface area (Å²) in [5.41, 5.74) is 0. The Balaban J connectivity index is 2.17. The lowest BCUT2D eigenvalue weighted by Crippen LogP contribution is -2.51. The van der Waals surface area contributed by atoms with Crippen molar-refractivity contribution in [3.05, 3.63) is 0 Å². The van der Waals surface area contributed by atoms with Crippen LogP contribution in [0.4, 0.5) is 0 Å². The van der Waals surface area contributed by atoms with Crippen molar-refractivity contribution in [1.29, 1.82) is 0 Å². The van der Waals surface area contributed by atoms with Crippen LogP contribution >= 0.6 is 0 Å². The molecule has 3 atom stereocenters. The minimum Gasteiger partial charge on any atom is -0.337 e. The summed E-state index contributed by atoms with van der Waals surface area (Å²) in [6, 6.07) is 0.609. The number of nitrogens with zero attached hydrogens (tertiary/aromatic N) is 1. The first-order valence-corrected chi connectivity index (χ1v) is 5.63. The summed E-state index contributed by atoms with van der Waals surface area (Å²) in [4.78, 5) is 25.1. The van der Waals surface area contributed by atoms with Crippen LogP contribution in [0.25, 0.3) is 0 Å². The second-order valence-electron chi connectivity index (χ2n) is 4.54. The molecule has 0 spiro atoms. The van der Waals surface area contributed by atoms with E-state index < -0.39 is 0 Å². The van der Waals surface area contributed by atoms with Gasteiger partial charge in [-0.2, -0.15) is 0 Å². The van der Waals surface area contributed by atoms with E-state index in [4.69, 9.17) is 0 Å². The summed E-state index contributed by atoms with van der Waals surface area (Å²) < 4.78 is 0. The number of carbonyl (C=O) groups is 2. The molecule has 2 aliphatic heterocycles. The predicted octanol–water partition coefficient (Wildman–Crippen LogP) is 0.174. The second-order valence-corrected chi connectivity index (χ2v) is 4.54. The van der Waals surface area contributed by atoms with Gasteiger partial charge in [-0.25, -0.2) is 0 Å². The second kappa shape index (κ2) is 3.93. The Kier molecular flexibility index (Phi) is 2.78. The van der Waals surface area contributed by atoms with Gasteiger partial charge in [0.2, 0.25) is 5.91 Å². The molecule has 84 valence electrons. The number of rotatable bonds is 2. The zero-order valence-corrected chi connectivity index (χ0v) is 9.32. The van der Waals surface area contributed by atoms with Gasteiger partial charge in [0.1, 0.15) is 5.78 Å². The maximum absolute atomic E-state index is 11.9. The van der Waals surface area contributed by atoms with Crippen molar-refractivity contribution in [2.24, 2.45) is 5.92 Å². The molecule has 2 saturated heterocycles. The van der Waals surface area contributed by atoms with Crippen molar-refractivity contribution in [3.8, 4) is 0 Å². The van der Waals surface area contributed by atoms with Gasteiger partial charge in [-0.3, -0.25) is 9.59 Å². The van der Waals surface area contributed by atoms with Crippen molar-refractivity contribution in [2.75, 3.05) is 13.6 Å². The van der Waals surface area contributed by atoms with Gasteiger partial charge in [0.15, 0.2) is 0 Å². The number of fused-ring (bicyclic) bond motifs is 1. The summed E-state index contributed by atoms with van der Waals surface area (Å²) in [5.74, 6) is -0.305. The van der Waals surface area contributed by atoms with Gasteiger partial charge in [-0.05, 0) is 33.2 Å². The quantitative estimate of drug-likeness (QED) is 0.661. The van der Waals surface area contributed by atoms with Gasteiger partial charge >= 0.3 is 0 Å². The molecule has 2 aliphatic rings. The third kappa shape index (κ3) is 1.67. The zero-order chi connectivity index (χ0) is 11.0. The molecule has 1 N–H and O–H groups in total. The SMILES string of the molecule is CNC1CCCN2C(=O)C(C(C)=O)CC12. The fourth-order valence-corrected chi connectivity index (χ4v) is 2.84. The number of nitrogens with one attached hydrogen (secondary N) is 1. The fourth-order valence-electron chi connectivity index (χ4n) is 2.84. The maximum Gasteiger partial charge on any atom is 0.233 e. The van der Waals surface area contributed by atoms with E-state index in [1.807, 2.05) is 11.9 Å². The van der Waals surface area contributed by atoms with Crippen LogP contribution in [0.15, 0.2) is 0 Å². The molecular weight excluding hydrogens is 192 g/mol. The molecule has 4 heteroatoms. The molecule has 0 radical (unpaired) electrons. The van der Waals surface area contributed by atoms with E-state index in [1.54, 1.807) is 0 Å². The van der Waals surface area contributed by atoms with Crippen LogP contribution in [0, 0.1) is 5.92 Å². The summed E-state index contributed by atoms with van der Waals surface area (Å²) in [6.45, 7) is 2.35. The van der Waals surface area contributed by atoms with Crippen LogP contribution in [-0.2, 0) is 9.59 Å². The monoisotopic (exact) mass is 210 g/mol. The molecule has 15 heavy (non-hydrogen) atoms. The summed E-state index contributed by atoms with van der Waals surface area (Å²) in [5, 5.41) is 3.25. The number of hydrogen-bond donors (Lipinski definition) is 1. The highest BCUT2D eigenvalue weighted by molar-refractivity contribution is 6.02. The molecule has 0 aromatic heterocycles. The van der Waals surface area contributed by atoms with Gasteiger partial charge in [-0.15, -0.1) is 0 Å². The topological polar surface area (TPSA) is 49.4 Å². The van der Waals surface area contributed by atoms with Crippen molar-refractivity contribution < 1.29 is 9.59 Å². The molecule has 0 aromatic rings. The summed E-state index contributed by atoms with van der Waals surface area (Å²) >= 11 is 0. The normalized spacial score (nSPS) is 35.5. The first-order valence-electron chi connectivity index (χ1n) is 5.63. The standard InChI is InChI=1S/C11H18N2O2/c1-7(14)8-6-10-9(12-2)4-3-5-13(10)11(8)15/h8-10,12H,3-6H2,1-2H3. The number of carbonyl (C=O) groups excluding carboxylic acids is 2.